The third-order valence-corrected chi connectivity index (χ3v) is 2.95. The second-order valence-electron chi connectivity index (χ2n) is 7.32. The average molecular weight is 488 g/mol. The number of hydrogen-bond donors (Lipinski definition) is 3. The van der Waals surface area contributed by atoms with E-state index in [1.165, 1.54) is 0 Å². The topological polar surface area (TPSA) is 93.2 Å². The van der Waals surface area contributed by atoms with E-state index in [9.17, 15) is 4.79 Å². The highest BCUT2D eigenvalue weighted by atomic mass is 127. The predicted octanol–water partition coefficient (Wildman–Crippen LogP) is 2.13. The summed E-state index contributed by atoms with van der Waals surface area (Å²) in [5, 5.41) is 9.25. The van der Waals surface area contributed by atoms with Gasteiger partial charge in [0.2, 0.25) is 0 Å². The van der Waals surface area contributed by atoms with E-state index in [2.05, 4.69) is 20.9 Å². The Labute approximate surface area is 175 Å². The highest BCUT2D eigenvalue weighted by Crippen LogP contribution is 2.09. The molecule has 3 N–H and O–H groups in total. The van der Waals surface area contributed by atoms with Crippen LogP contribution in [0, 0.1) is 0 Å². The number of ether oxygens (including phenoxy) is 3. The number of rotatable bonds is 10. The summed E-state index contributed by atoms with van der Waals surface area (Å²) < 4.78 is 15.6. The maximum absolute atomic E-state index is 11.9. The lowest BCUT2D eigenvalue weighted by Gasteiger charge is -2.29. The van der Waals surface area contributed by atoms with Crippen molar-refractivity contribution in [1.29, 1.82) is 0 Å². The predicted molar refractivity (Wildman–Crippen MR) is 116 cm³/mol. The first kappa shape index (κ1) is 27.4. The summed E-state index contributed by atoms with van der Waals surface area (Å²) in [7, 11) is 3.36. The van der Waals surface area contributed by atoms with Gasteiger partial charge in [0.05, 0.1) is 18.8 Å². The van der Waals surface area contributed by atoms with Crippen molar-refractivity contribution in [1.82, 2.24) is 16.0 Å². The zero-order valence-corrected chi connectivity index (χ0v) is 19.6. The van der Waals surface area contributed by atoms with Crippen molar-refractivity contribution in [3.63, 3.8) is 0 Å². The fourth-order valence-corrected chi connectivity index (χ4v) is 1.77. The molecule has 0 unspecified atom stereocenters. The van der Waals surface area contributed by atoms with Crippen LogP contribution in [0.3, 0.4) is 0 Å². The van der Waals surface area contributed by atoms with Crippen LogP contribution in [0.1, 0.15) is 41.0 Å². The van der Waals surface area contributed by atoms with Crippen LogP contribution in [0.2, 0.25) is 0 Å². The van der Waals surface area contributed by atoms with E-state index in [-0.39, 0.29) is 24.0 Å². The highest BCUT2D eigenvalue weighted by molar-refractivity contribution is 14.0. The molecule has 0 rings (SSSR count). The van der Waals surface area contributed by atoms with Gasteiger partial charge < -0.3 is 30.2 Å². The number of amides is 1. The van der Waals surface area contributed by atoms with Crippen molar-refractivity contribution in [3.8, 4) is 0 Å². The van der Waals surface area contributed by atoms with Crippen LogP contribution < -0.4 is 16.0 Å². The van der Waals surface area contributed by atoms with E-state index in [0.717, 1.165) is 13.0 Å². The lowest BCUT2D eigenvalue weighted by molar-refractivity contribution is 0.0474. The minimum atomic E-state index is -0.517. The first-order valence-electron chi connectivity index (χ1n) is 8.62. The van der Waals surface area contributed by atoms with Gasteiger partial charge in [0.1, 0.15) is 5.60 Å². The molecule has 1 amide bonds. The van der Waals surface area contributed by atoms with Gasteiger partial charge in [-0.05, 0) is 41.0 Å². The molecule has 0 aliphatic carbocycles. The van der Waals surface area contributed by atoms with E-state index < -0.39 is 17.2 Å². The minimum absolute atomic E-state index is 0. The van der Waals surface area contributed by atoms with Crippen LogP contribution in [0.15, 0.2) is 4.99 Å². The number of carbonyl (C=O) groups is 1. The monoisotopic (exact) mass is 488 g/mol. The highest BCUT2D eigenvalue weighted by Gasteiger charge is 2.24. The molecule has 0 heterocycles. The fraction of sp³-hybridized carbons (Fsp3) is 0.882. The Balaban J connectivity index is 0. The number of alkyl carbamates (subject to hydrolysis) is 1. The summed E-state index contributed by atoms with van der Waals surface area (Å²) in [5.74, 6) is 0.677. The normalized spacial score (nSPS) is 12.2. The molecule has 0 fully saturated rings. The molecule has 0 spiro atoms. The third kappa shape index (κ3) is 16.6. The van der Waals surface area contributed by atoms with Crippen molar-refractivity contribution in [2.24, 2.45) is 4.99 Å². The molecule has 8 nitrogen and oxygen atoms in total. The van der Waals surface area contributed by atoms with Crippen molar-refractivity contribution >= 4 is 36.0 Å². The van der Waals surface area contributed by atoms with E-state index in [4.69, 9.17) is 14.2 Å². The molecule has 0 aliphatic heterocycles. The van der Waals surface area contributed by atoms with E-state index in [0.29, 0.717) is 32.3 Å². The van der Waals surface area contributed by atoms with Crippen molar-refractivity contribution in [2.75, 3.05) is 47.1 Å². The average Bonchev–Trinajstić information content (AvgIpc) is 2.46. The first-order valence-corrected chi connectivity index (χ1v) is 8.62. The number of halogens is 1. The van der Waals surface area contributed by atoms with Gasteiger partial charge in [0.15, 0.2) is 5.96 Å². The van der Waals surface area contributed by atoms with Crippen LogP contribution >= 0.6 is 24.0 Å². The largest absolute Gasteiger partial charge is 0.444 e. The second kappa shape index (κ2) is 14.3. The first-order chi connectivity index (χ1) is 11.6. The Morgan fingerprint density at radius 3 is 2.23 bits per heavy atom. The number of hydrogen-bond acceptors (Lipinski definition) is 5. The van der Waals surface area contributed by atoms with Gasteiger partial charge >= 0.3 is 6.09 Å². The quantitative estimate of drug-likeness (QED) is 0.189. The molecule has 0 radical (unpaired) electrons. The fourth-order valence-electron chi connectivity index (χ4n) is 1.77. The smallest absolute Gasteiger partial charge is 0.408 e. The van der Waals surface area contributed by atoms with Gasteiger partial charge in [0.25, 0.3) is 0 Å². The third-order valence-electron chi connectivity index (χ3n) is 2.95. The molecule has 156 valence electrons. The zero-order chi connectivity index (χ0) is 19.3. The van der Waals surface area contributed by atoms with E-state index in [1.54, 1.807) is 14.2 Å². The SMILES string of the molecule is CN=C(NCCCOCCOC)NCC(C)(C)NC(=O)OC(C)(C)C.I. The molecular weight excluding hydrogens is 451 g/mol. The standard InChI is InChI=1S/C17H36N4O4.HI/c1-16(2,3)25-15(22)21-17(4,5)13-20-14(18-6)19-9-8-10-24-12-11-23-7;/h8-13H2,1-7H3,(H,21,22)(H2,18,19,20);1H. The second-order valence-corrected chi connectivity index (χ2v) is 7.32. The summed E-state index contributed by atoms with van der Waals surface area (Å²) in [6, 6.07) is 0. The Kier molecular flexibility index (Phi) is 15.0. The van der Waals surface area contributed by atoms with Gasteiger partial charge in [0, 0.05) is 33.9 Å². The Hall–Kier alpha value is -0.810. The summed E-state index contributed by atoms with van der Waals surface area (Å²) in [6.07, 6.45) is 0.430. The van der Waals surface area contributed by atoms with Gasteiger partial charge in [-0.1, -0.05) is 0 Å². The van der Waals surface area contributed by atoms with Crippen molar-refractivity contribution in [2.45, 2.75) is 52.2 Å². The molecule has 9 heteroatoms. The molecule has 0 aromatic rings. The van der Waals surface area contributed by atoms with Crippen LogP contribution in [-0.4, -0.2) is 70.3 Å². The lowest BCUT2D eigenvalue weighted by atomic mass is 10.1. The number of carbonyl (C=O) groups excluding carboxylic acids is 1. The lowest BCUT2D eigenvalue weighted by Crippen LogP contribution is -2.54. The van der Waals surface area contributed by atoms with E-state index >= 15 is 0 Å². The van der Waals surface area contributed by atoms with Crippen LogP contribution in [-0.2, 0) is 14.2 Å². The number of methoxy groups -OCH3 is 1. The Morgan fingerprint density at radius 1 is 1.04 bits per heavy atom. The Morgan fingerprint density at radius 2 is 1.69 bits per heavy atom. The summed E-state index contributed by atoms with van der Waals surface area (Å²) >= 11 is 0. The molecule has 0 saturated heterocycles. The maximum Gasteiger partial charge on any atom is 0.408 e. The van der Waals surface area contributed by atoms with Crippen molar-refractivity contribution < 1.29 is 19.0 Å². The molecule has 0 aromatic carbocycles. The van der Waals surface area contributed by atoms with Gasteiger partial charge in [-0.25, -0.2) is 4.79 Å². The number of nitrogens with zero attached hydrogens (tertiary/aromatic N) is 1. The minimum Gasteiger partial charge on any atom is -0.444 e. The maximum atomic E-state index is 11.9. The number of aliphatic imine (C=N–C) groups is 1. The summed E-state index contributed by atoms with van der Waals surface area (Å²) in [4.78, 5) is 16.0. The van der Waals surface area contributed by atoms with Crippen LogP contribution in [0.5, 0.6) is 0 Å². The number of guanidine groups is 1. The summed E-state index contributed by atoms with van der Waals surface area (Å²) in [6.45, 7) is 12.5. The van der Waals surface area contributed by atoms with Crippen molar-refractivity contribution in [3.05, 3.63) is 0 Å². The Bertz CT molecular complexity index is 412. The van der Waals surface area contributed by atoms with E-state index in [1.807, 2.05) is 34.6 Å². The molecule has 0 atom stereocenters. The van der Waals surface area contributed by atoms with Gasteiger partial charge in [-0.15, -0.1) is 24.0 Å². The molecule has 0 saturated carbocycles. The molecule has 0 bridgehead atoms. The molecule has 0 aromatic heterocycles. The number of nitrogens with one attached hydrogen (secondary N) is 3. The van der Waals surface area contributed by atoms with Gasteiger partial charge in [-0.3, -0.25) is 4.99 Å². The molecule has 26 heavy (non-hydrogen) atoms. The van der Waals surface area contributed by atoms with Crippen LogP contribution in [0.25, 0.3) is 0 Å². The van der Waals surface area contributed by atoms with Crippen LogP contribution in [0.4, 0.5) is 4.79 Å². The zero-order valence-electron chi connectivity index (χ0n) is 17.2. The summed E-state index contributed by atoms with van der Waals surface area (Å²) in [5.41, 5.74) is -1.00. The molecule has 0 aliphatic rings. The molecular formula is C17H37IN4O4. The van der Waals surface area contributed by atoms with Gasteiger partial charge in [-0.2, -0.15) is 0 Å².